The molecule has 2 aliphatic rings. The van der Waals surface area contributed by atoms with Crippen LogP contribution in [0.4, 0.5) is 11.4 Å². The third-order valence-corrected chi connectivity index (χ3v) is 23.7. The molecule has 708 valence electrons. The van der Waals surface area contributed by atoms with Crippen LogP contribution in [0.25, 0.3) is 140 Å². The molecule has 15 aromatic carbocycles. The van der Waals surface area contributed by atoms with Crippen LogP contribution in [0.2, 0.25) is 0 Å². The Kier molecular flexibility index (Phi) is 53.1. The van der Waals surface area contributed by atoms with Crippen molar-refractivity contribution in [3.8, 4) is 0 Å². The van der Waals surface area contributed by atoms with Crippen LogP contribution in [0.15, 0.2) is 444 Å². The number of hydrogen-bond acceptors (Lipinski definition) is 10. The van der Waals surface area contributed by atoms with Crippen LogP contribution in [-0.4, -0.2) is 36.1 Å². The van der Waals surface area contributed by atoms with E-state index in [0.717, 1.165) is 33.2 Å². The van der Waals surface area contributed by atoms with Gasteiger partial charge < -0.3 is 28.8 Å². The van der Waals surface area contributed by atoms with Gasteiger partial charge in [0.05, 0.1) is 33.4 Å². The Morgan fingerprint density at radius 3 is 1.15 bits per heavy atom. The number of furan rings is 1. The maximum absolute atomic E-state index is 5.65. The minimum absolute atomic E-state index is 0.949. The monoisotopic (exact) mass is 1890 g/mol. The fourth-order valence-corrected chi connectivity index (χ4v) is 17.5. The smallest absolute Gasteiger partial charge is 0.135 e. The van der Waals surface area contributed by atoms with Crippen molar-refractivity contribution in [1.82, 2.24) is 29.1 Å². The maximum Gasteiger partial charge on any atom is 0.135 e. The molecule has 9 nitrogen and oxygen atoms in total. The molecule has 0 unspecified atom stereocenters. The third kappa shape index (κ3) is 32.2. The van der Waals surface area contributed by atoms with Crippen molar-refractivity contribution < 1.29 is 4.42 Å². The van der Waals surface area contributed by atoms with Gasteiger partial charge in [-0.1, -0.05) is 417 Å². The van der Waals surface area contributed by atoms with Crippen molar-refractivity contribution in [3.05, 3.63) is 429 Å². The number of thiophene rings is 2. The van der Waals surface area contributed by atoms with Gasteiger partial charge in [-0.3, -0.25) is 9.97 Å². The van der Waals surface area contributed by atoms with E-state index in [4.69, 9.17) is 4.42 Å². The zero-order valence-corrected chi connectivity index (χ0v) is 88.0. The van der Waals surface area contributed by atoms with E-state index < -0.39 is 0 Å². The van der Waals surface area contributed by atoms with E-state index in [0.29, 0.717) is 0 Å². The fraction of sp³-hybridized carbons (Fsp3) is 0.185. The number of thioether (sulfide) groups is 2. The number of aromatic nitrogens is 6. The Morgan fingerprint density at radius 1 is 0.292 bits per heavy atom. The van der Waals surface area contributed by atoms with Crippen LogP contribution in [0.1, 0.15) is 138 Å². The predicted octanol–water partition coefficient (Wildman–Crippen LogP) is 40.0. The molecule has 0 aliphatic carbocycles. The molecule has 0 saturated heterocycles. The quantitative estimate of drug-likeness (QED) is 0.145. The second-order valence-electron chi connectivity index (χ2n) is 27.4. The number of nitrogens with one attached hydrogen (secondary N) is 2. The zero-order chi connectivity index (χ0) is 99.3. The summed E-state index contributed by atoms with van der Waals surface area (Å²) in [7, 11) is 6.24. The van der Waals surface area contributed by atoms with Gasteiger partial charge in [-0.15, -0.1) is 22.7 Å². The van der Waals surface area contributed by atoms with E-state index in [-0.39, 0.29) is 0 Å². The Morgan fingerprint density at radius 2 is 0.664 bits per heavy atom. The molecule has 10 heterocycles. The first-order chi connectivity index (χ1) is 67.8. The second kappa shape index (κ2) is 65.0. The molecular formula is C124H142N8OS4. The highest BCUT2D eigenvalue weighted by Gasteiger charge is 2.10. The van der Waals surface area contributed by atoms with Gasteiger partial charge in [-0.2, -0.15) is 0 Å². The molecule has 8 aromatic heterocycles. The summed E-state index contributed by atoms with van der Waals surface area (Å²) in [5.41, 5.74) is 14.8. The van der Waals surface area contributed by atoms with Crippen molar-refractivity contribution in [3.63, 3.8) is 0 Å². The van der Waals surface area contributed by atoms with E-state index >= 15 is 0 Å². The van der Waals surface area contributed by atoms with Crippen molar-refractivity contribution in [2.24, 2.45) is 14.1 Å². The van der Waals surface area contributed by atoms with Gasteiger partial charge >= 0.3 is 0 Å². The standard InChI is InChI=1S/C13H11N.C13H9N.C12H9N.C12H8O.C12H8S.C9H9NS.C9H9N.C8H6N2.C8H7NS.C8H6S.10C2H6/c1-14-12-8-4-2-6-10(12)11-7-3-5-9-13(11)14;1-3-7-12-10(5-1)9-11-6-2-4-8-13(11)14-12;3*1-3-7-11-9(5-1)10-6-2-4-8-12(10)13-11;1-10-6-7-11-9-5-3-2-4-8(9)10;1-10-7-6-8-4-2-3-5-9(8)10;2*1-2-4-8-7(3-1)9-5-6-10-8;1-2-4-8-7(3-1)5-6-9-8;10*1-2/h2-9H,1H3;1-9H;1-8,13H;2*1-8H;2-7H,1H3;2-7H,1H3;1-6H;1-6,9H;1-6H;10*1-2H3. The number of benzene rings is 15. The SMILES string of the molecule is C1=CSc2ccccc2N1.CC.CC.CC.CC.CC.CC.CC.CC.CC.CC.CN1C=CSc2ccccc21.Cn1c2ccccc2c2ccccc21.Cn1ccc2ccccc21.c1ccc2c(c1)[nH]c1ccccc12.c1ccc2c(c1)oc1ccccc12.c1ccc2c(c1)sc1ccccc12.c1ccc2nc3ccccc3cc2c1.c1ccc2nccnc2c1.c1ccc2sccc2c1. The minimum Gasteiger partial charge on any atom is -0.456 e. The first kappa shape index (κ1) is 112. The number of hydrogen-bond donors (Lipinski definition) is 2. The second-order valence-corrected chi connectivity index (χ2v) is 31.3. The van der Waals surface area contributed by atoms with Gasteiger partial charge in [0.2, 0.25) is 0 Å². The highest BCUT2D eigenvalue weighted by Crippen LogP contribution is 2.37. The highest BCUT2D eigenvalue weighted by atomic mass is 32.2. The lowest BCUT2D eigenvalue weighted by Crippen LogP contribution is -2.10. The molecule has 2 aliphatic heterocycles. The van der Waals surface area contributed by atoms with Crippen molar-refractivity contribution >= 4 is 197 Å². The molecule has 0 spiro atoms. The van der Waals surface area contributed by atoms with Crippen LogP contribution in [0.5, 0.6) is 0 Å². The lowest BCUT2D eigenvalue weighted by Gasteiger charge is -2.20. The van der Waals surface area contributed by atoms with Crippen LogP contribution in [-0.2, 0) is 14.1 Å². The van der Waals surface area contributed by atoms with E-state index in [1.165, 1.54) is 127 Å². The molecule has 23 aromatic rings. The number of pyridine rings is 1. The number of aromatic amines is 1. The molecule has 0 amide bonds. The molecule has 0 bridgehead atoms. The van der Waals surface area contributed by atoms with Crippen molar-refractivity contribution in [1.29, 1.82) is 0 Å². The molecule has 0 saturated carbocycles. The maximum atomic E-state index is 5.65. The summed E-state index contributed by atoms with van der Waals surface area (Å²) in [4.78, 5) is 21.0. The van der Waals surface area contributed by atoms with Crippen LogP contribution in [0.3, 0.4) is 0 Å². The molecule has 137 heavy (non-hydrogen) atoms. The average Bonchev–Trinajstić information content (AvgIpc) is 1.59. The number of para-hydroxylation sites is 13. The fourth-order valence-electron chi connectivity index (χ4n) is 14.1. The summed E-state index contributed by atoms with van der Waals surface area (Å²) >= 11 is 7.16. The highest BCUT2D eigenvalue weighted by molar-refractivity contribution is 8.02. The lowest BCUT2D eigenvalue weighted by molar-refractivity contribution is 0.669. The van der Waals surface area contributed by atoms with Gasteiger partial charge in [0.25, 0.3) is 0 Å². The van der Waals surface area contributed by atoms with Crippen molar-refractivity contribution in [2.45, 2.75) is 148 Å². The number of anilines is 2. The molecule has 0 fully saturated rings. The Balaban J connectivity index is 0.000000229. The summed E-state index contributed by atoms with van der Waals surface area (Å²) in [6.45, 7) is 40.0. The Hall–Kier alpha value is -13.8. The Labute approximate surface area is 833 Å². The van der Waals surface area contributed by atoms with E-state index in [1.54, 1.807) is 47.3 Å². The first-order valence-corrected chi connectivity index (χ1v) is 52.0. The number of rotatable bonds is 0. The average molecular weight is 1890 g/mol. The van der Waals surface area contributed by atoms with E-state index in [9.17, 15) is 0 Å². The van der Waals surface area contributed by atoms with Crippen LogP contribution < -0.4 is 10.2 Å². The zero-order valence-electron chi connectivity index (χ0n) is 84.7. The van der Waals surface area contributed by atoms with Crippen LogP contribution in [0, 0.1) is 0 Å². The molecule has 13 heteroatoms. The summed E-state index contributed by atoms with van der Waals surface area (Å²) in [6.07, 6.45) is 9.50. The number of aryl methyl sites for hydroxylation is 2. The van der Waals surface area contributed by atoms with Gasteiger partial charge in [0.1, 0.15) is 11.2 Å². The summed E-state index contributed by atoms with van der Waals surface area (Å²) in [5, 5.41) is 24.9. The predicted molar refractivity (Wildman–Crippen MR) is 621 cm³/mol. The summed E-state index contributed by atoms with van der Waals surface area (Å²) in [6, 6.07) is 131. The van der Waals surface area contributed by atoms with E-state index in [2.05, 4.69) is 357 Å². The first-order valence-electron chi connectivity index (χ1n) is 48.6. The topological polar surface area (TPSA) is 92.7 Å². The molecule has 25 rings (SSSR count). The minimum atomic E-state index is 0.949. The van der Waals surface area contributed by atoms with Gasteiger partial charge in [0, 0.05) is 157 Å². The normalized spacial score (nSPS) is 10.2. The third-order valence-electron chi connectivity index (χ3n) is 19.9. The summed E-state index contributed by atoms with van der Waals surface area (Å²) < 4.78 is 14.1. The van der Waals surface area contributed by atoms with Gasteiger partial charge in [-0.05, 0) is 154 Å². The number of fused-ring (bicyclic) bond motifs is 19. The largest absolute Gasteiger partial charge is 0.456 e. The molecule has 0 radical (unpaired) electrons. The molecule has 0 atom stereocenters. The van der Waals surface area contributed by atoms with Crippen LogP contribution >= 0.6 is 46.2 Å². The summed E-state index contributed by atoms with van der Waals surface area (Å²) in [5.74, 6) is 0. The molecular weight excluding hydrogens is 1750 g/mol. The number of H-pyrrole nitrogens is 1. The molecule has 2 N–H and O–H groups in total. The Bertz CT molecular complexity index is 6630. The lowest BCUT2D eigenvalue weighted by atomic mass is 10.1. The van der Waals surface area contributed by atoms with Crippen molar-refractivity contribution in [2.75, 3.05) is 17.3 Å². The van der Waals surface area contributed by atoms with Gasteiger partial charge in [-0.25, -0.2) is 4.98 Å². The number of nitrogens with zero attached hydrogens (tertiary/aromatic N) is 6. The van der Waals surface area contributed by atoms with E-state index in [1.807, 2.05) is 271 Å². The van der Waals surface area contributed by atoms with Gasteiger partial charge in [0.15, 0.2) is 0 Å².